The van der Waals surface area contributed by atoms with Crippen LogP contribution in [-0.4, -0.2) is 18.5 Å². The molecule has 1 rings (SSSR count). The number of alkyl halides is 2. The van der Waals surface area contributed by atoms with Gasteiger partial charge in [-0.2, -0.15) is 0 Å². The predicted molar refractivity (Wildman–Crippen MR) is 46.7 cm³/mol. The molecule has 0 aromatic carbocycles. The zero-order valence-corrected chi connectivity index (χ0v) is 8.44. The summed E-state index contributed by atoms with van der Waals surface area (Å²) >= 11 is 0. The van der Waals surface area contributed by atoms with E-state index in [0.717, 1.165) is 0 Å². The molecule has 2 N–H and O–H groups in total. The van der Waals surface area contributed by atoms with Gasteiger partial charge in [-0.05, 0) is 0 Å². The highest BCUT2D eigenvalue weighted by Gasteiger charge is 2.24. The monoisotopic (exact) mass is 259 g/mol. The molecule has 0 unspecified atom stereocenters. The van der Waals surface area contributed by atoms with E-state index in [2.05, 4.69) is 0 Å². The van der Waals surface area contributed by atoms with Gasteiger partial charge in [0.25, 0.3) is 15.5 Å². The SMILES string of the molecule is O=c1cc(S(=O)(=O)Cl)c(O)c(C(F)F)[nH]1. The number of aromatic hydroxyl groups is 1. The van der Waals surface area contributed by atoms with Gasteiger partial charge in [-0.25, -0.2) is 17.2 Å². The highest BCUT2D eigenvalue weighted by molar-refractivity contribution is 8.13. The Bertz CT molecular complexity index is 539. The molecule has 0 aliphatic rings. The second kappa shape index (κ2) is 3.78. The van der Waals surface area contributed by atoms with Gasteiger partial charge in [0, 0.05) is 16.7 Å². The zero-order chi connectivity index (χ0) is 11.8. The van der Waals surface area contributed by atoms with Gasteiger partial charge in [0.15, 0.2) is 5.75 Å². The molecule has 0 radical (unpaired) electrons. The largest absolute Gasteiger partial charge is 0.505 e. The van der Waals surface area contributed by atoms with Gasteiger partial charge in [0.1, 0.15) is 10.6 Å². The Morgan fingerprint density at radius 1 is 1.47 bits per heavy atom. The highest BCUT2D eigenvalue weighted by atomic mass is 35.7. The maximum atomic E-state index is 12.2. The van der Waals surface area contributed by atoms with E-state index < -0.39 is 37.4 Å². The molecule has 0 fully saturated rings. The molecule has 0 aliphatic carbocycles. The lowest BCUT2D eigenvalue weighted by molar-refractivity contribution is 0.141. The molecule has 0 saturated heterocycles. The van der Waals surface area contributed by atoms with Crippen molar-refractivity contribution in [2.75, 3.05) is 0 Å². The summed E-state index contributed by atoms with van der Waals surface area (Å²) in [4.78, 5) is 11.4. The quantitative estimate of drug-likeness (QED) is 0.774. The van der Waals surface area contributed by atoms with E-state index in [4.69, 9.17) is 15.8 Å². The van der Waals surface area contributed by atoms with Gasteiger partial charge < -0.3 is 10.1 Å². The summed E-state index contributed by atoms with van der Waals surface area (Å²) in [5.41, 5.74) is -2.27. The topological polar surface area (TPSA) is 87.2 Å². The third-order valence-electron chi connectivity index (χ3n) is 1.49. The Morgan fingerprint density at radius 2 is 2.00 bits per heavy atom. The molecular weight excluding hydrogens is 256 g/mol. The molecular formula is C6H4ClF2NO4S. The zero-order valence-electron chi connectivity index (χ0n) is 6.87. The van der Waals surface area contributed by atoms with Gasteiger partial charge in [-0.3, -0.25) is 4.79 Å². The first-order valence-corrected chi connectivity index (χ1v) is 5.73. The van der Waals surface area contributed by atoms with Crippen LogP contribution in [0.25, 0.3) is 0 Å². The number of hydrogen-bond acceptors (Lipinski definition) is 4. The third-order valence-corrected chi connectivity index (χ3v) is 2.82. The Labute approximate surface area is 86.7 Å². The maximum Gasteiger partial charge on any atom is 0.282 e. The first kappa shape index (κ1) is 11.9. The summed E-state index contributed by atoms with van der Waals surface area (Å²) in [5, 5.41) is 9.11. The molecule has 0 spiro atoms. The minimum atomic E-state index is -4.44. The van der Waals surface area contributed by atoms with Gasteiger partial charge in [0.05, 0.1) is 0 Å². The van der Waals surface area contributed by atoms with E-state index in [9.17, 15) is 22.0 Å². The smallest absolute Gasteiger partial charge is 0.282 e. The summed E-state index contributed by atoms with van der Waals surface area (Å²) in [6, 6.07) is 0.420. The fraction of sp³-hybridized carbons (Fsp3) is 0.167. The van der Waals surface area contributed by atoms with Crippen LogP contribution in [0.3, 0.4) is 0 Å². The standard InChI is InChI=1S/C6H4ClF2NO4S/c7-15(13,14)2-1-3(11)10-4(5(2)12)6(8)9/h1,6,12H,(H,10,11). The van der Waals surface area contributed by atoms with E-state index in [1.54, 1.807) is 4.98 Å². The fourth-order valence-electron chi connectivity index (χ4n) is 0.892. The lowest BCUT2D eigenvalue weighted by Gasteiger charge is -2.05. The van der Waals surface area contributed by atoms with Crippen LogP contribution in [0.1, 0.15) is 12.1 Å². The van der Waals surface area contributed by atoms with Gasteiger partial charge in [0.2, 0.25) is 5.56 Å². The number of aromatic amines is 1. The molecule has 0 amide bonds. The summed E-state index contributed by atoms with van der Waals surface area (Å²) in [6.07, 6.45) is -3.21. The van der Waals surface area contributed by atoms with Crippen molar-refractivity contribution < 1.29 is 22.3 Å². The number of pyridine rings is 1. The van der Waals surface area contributed by atoms with E-state index in [1.165, 1.54) is 0 Å². The van der Waals surface area contributed by atoms with E-state index >= 15 is 0 Å². The third kappa shape index (κ3) is 2.45. The van der Waals surface area contributed by atoms with Crippen LogP contribution in [0, 0.1) is 0 Å². The summed E-state index contributed by atoms with van der Waals surface area (Å²) < 4.78 is 46.0. The predicted octanol–water partition coefficient (Wildman–Crippen LogP) is 0.946. The molecule has 1 heterocycles. The number of halogens is 3. The van der Waals surface area contributed by atoms with E-state index in [1.807, 2.05) is 0 Å². The lowest BCUT2D eigenvalue weighted by atomic mass is 10.3. The molecule has 0 aliphatic heterocycles. The van der Waals surface area contributed by atoms with E-state index in [-0.39, 0.29) is 0 Å². The van der Waals surface area contributed by atoms with Crippen molar-refractivity contribution in [2.24, 2.45) is 0 Å². The molecule has 0 saturated carbocycles. The molecule has 0 bridgehead atoms. The van der Waals surface area contributed by atoms with Crippen molar-refractivity contribution in [1.82, 2.24) is 4.98 Å². The van der Waals surface area contributed by atoms with Gasteiger partial charge >= 0.3 is 0 Å². The van der Waals surface area contributed by atoms with Crippen molar-refractivity contribution in [3.8, 4) is 5.75 Å². The van der Waals surface area contributed by atoms with Crippen molar-refractivity contribution >= 4 is 19.7 Å². The first-order chi connectivity index (χ1) is 6.73. The van der Waals surface area contributed by atoms with Gasteiger partial charge in [-0.1, -0.05) is 0 Å². The second-order valence-electron chi connectivity index (χ2n) is 2.50. The van der Waals surface area contributed by atoms with Crippen molar-refractivity contribution in [3.05, 3.63) is 22.1 Å². The second-order valence-corrected chi connectivity index (χ2v) is 5.03. The van der Waals surface area contributed by atoms with Gasteiger partial charge in [-0.15, -0.1) is 0 Å². The number of rotatable bonds is 2. The van der Waals surface area contributed by atoms with Crippen molar-refractivity contribution in [1.29, 1.82) is 0 Å². The van der Waals surface area contributed by atoms with Crippen molar-refractivity contribution in [2.45, 2.75) is 11.3 Å². The molecule has 15 heavy (non-hydrogen) atoms. The molecule has 9 heteroatoms. The highest BCUT2D eigenvalue weighted by Crippen LogP contribution is 2.31. The fourth-order valence-corrected chi connectivity index (χ4v) is 1.83. The van der Waals surface area contributed by atoms with E-state index in [0.29, 0.717) is 6.07 Å². The summed E-state index contributed by atoms with van der Waals surface area (Å²) in [7, 11) is 0.384. The Kier molecular flexibility index (Phi) is 3.00. The molecule has 1 aromatic rings. The average molecular weight is 260 g/mol. The Balaban J connectivity index is 3.64. The van der Waals surface area contributed by atoms with Crippen LogP contribution in [-0.2, 0) is 9.05 Å². The van der Waals surface area contributed by atoms with Crippen LogP contribution in [0.4, 0.5) is 8.78 Å². The van der Waals surface area contributed by atoms with Crippen LogP contribution >= 0.6 is 10.7 Å². The molecule has 0 atom stereocenters. The average Bonchev–Trinajstić information content (AvgIpc) is 2.06. The van der Waals surface area contributed by atoms with Crippen LogP contribution in [0.5, 0.6) is 5.75 Å². The summed E-state index contributed by atoms with van der Waals surface area (Å²) in [6.45, 7) is 0. The molecule has 5 nitrogen and oxygen atoms in total. The molecule has 1 aromatic heterocycles. The number of hydrogen-bond donors (Lipinski definition) is 2. The first-order valence-electron chi connectivity index (χ1n) is 3.42. The Morgan fingerprint density at radius 3 is 2.40 bits per heavy atom. The molecule has 84 valence electrons. The number of aromatic nitrogens is 1. The number of H-pyrrole nitrogens is 1. The summed E-state index contributed by atoms with van der Waals surface area (Å²) in [5.74, 6) is -1.25. The normalized spacial score (nSPS) is 12.0. The van der Waals surface area contributed by atoms with Crippen LogP contribution in [0.15, 0.2) is 15.8 Å². The van der Waals surface area contributed by atoms with Crippen LogP contribution < -0.4 is 5.56 Å². The maximum absolute atomic E-state index is 12.2. The van der Waals surface area contributed by atoms with Crippen molar-refractivity contribution in [3.63, 3.8) is 0 Å². The lowest BCUT2D eigenvalue weighted by Crippen LogP contribution is -2.11. The van der Waals surface area contributed by atoms with Crippen LogP contribution in [0.2, 0.25) is 0 Å². The Hall–Kier alpha value is -1.15. The minimum absolute atomic E-state index is 0.420. The number of nitrogens with one attached hydrogen (secondary N) is 1. The minimum Gasteiger partial charge on any atom is -0.505 e.